The highest BCUT2D eigenvalue weighted by Crippen LogP contribution is 2.34. The van der Waals surface area contributed by atoms with E-state index in [9.17, 15) is 9.90 Å². The number of ether oxygens (including phenoxy) is 2. The lowest BCUT2D eigenvalue weighted by molar-refractivity contribution is -0.131. The topological polar surface area (TPSA) is 94.7 Å². The quantitative estimate of drug-likeness (QED) is 0.160. The van der Waals surface area contributed by atoms with Gasteiger partial charge in [0, 0.05) is 10.6 Å². The smallest absolute Gasteiger partial charge is 0.342 e. The molecule has 0 saturated carbocycles. The molecule has 38 heavy (non-hydrogen) atoms. The van der Waals surface area contributed by atoms with E-state index in [0.29, 0.717) is 40.9 Å². The van der Waals surface area contributed by atoms with Crippen LogP contribution in [0.1, 0.15) is 34.7 Å². The van der Waals surface area contributed by atoms with Gasteiger partial charge in [0.25, 0.3) is 5.22 Å². The van der Waals surface area contributed by atoms with Gasteiger partial charge in [0.1, 0.15) is 11.5 Å². The minimum atomic E-state index is -1.12. The summed E-state index contributed by atoms with van der Waals surface area (Å²) >= 11 is 6.80. The fourth-order valence-electron chi connectivity index (χ4n) is 3.93. The predicted octanol–water partition coefficient (Wildman–Crippen LogP) is 7.51. The van der Waals surface area contributed by atoms with Crippen LogP contribution in [0.15, 0.2) is 69.1 Å². The molecule has 0 spiro atoms. The van der Waals surface area contributed by atoms with Crippen LogP contribution in [0.3, 0.4) is 0 Å². The Morgan fingerprint density at radius 1 is 1.00 bits per heavy atom. The van der Waals surface area contributed by atoms with Gasteiger partial charge in [0.15, 0.2) is 11.5 Å². The Balaban J connectivity index is 1.54. The van der Waals surface area contributed by atoms with Crippen LogP contribution in [0.4, 0.5) is 0 Å². The average molecular weight is 551 g/mol. The normalized spacial score (nSPS) is 11.4. The molecule has 0 atom stereocenters. The SMILES string of the molecule is CCOc1cc(/C=C(\Sc2nnc(-c3ccc(Cl)cc3)o2)C(=O)O)ccc1OCc1c(C)cc(C)cc1C. The molecule has 9 heteroatoms. The molecule has 0 bridgehead atoms. The predicted molar refractivity (Wildman–Crippen MR) is 149 cm³/mol. The number of carboxylic acids is 1. The number of thioether (sulfide) groups is 1. The lowest BCUT2D eigenvalue weighted by Crippen LogP contribution is -2.03. The molecule has 7 nitrogen and oxygen atoms in total. The van der Waals surface area contributed by atoms with Gasteiger partial charge in [0.2, 0.25) is 5.89 Å². The summed E-state index contributed by atoms with van der Waals surface area (Å²) < 4.78 is 17.6. The number of aromatic nitrogens is 2. The van der Waals surface area contributed by atoms with Crippen LogP contribution in [-0.2, 0) is 11.4 Å². The Hall–Kier alpha value is -3.75. The highest BCUT2D eigenvalue weighted by molar-refractivity contribution is 8.03. The summed E-state index contributed by atoms with van der Waals surface area (Å²) in [6.07, 6.45) is 1.53. The van der Waals surface area contributed by atoms with Gasteiger partial charge < -0.3 is 19.0 Å². The second-order valence-corrected chi connectivity index (χ2v) is 10.0. The maximum Gasteiger partial charge on any atom is 0.342 e. The first-order chi connectivity index (χ1) is 18.2. The Kier molecular flexibility index (Phi) is 8.76. The number of carbonyl (C=O) groups is 1. The van der Waals surface area contributed by atoms with Crippen LogP contribution in [0, 0.1) is 20.8 Å². The van der Waals surface area contributed by atoms with Crippen molar-refractivity contribution in [3.63, 3.8) is 0 Å². The standard InChI is InChI=1S/C29H27ClN2O5S/c1-5-35-25-14-20(6-11-24(25)36-16-23-18(3)12-17(2)13-19(23)4)15-26(28(33)34)38-29-32-31-27(37-29)21-7-9-22(30)10-8-21/h6-15H,5,16H2,1-4H3,(H,33,34)/b26-15-. The highest BCUT2D eigenvalue weighted by Gasteiger charge is 2.17. The number of rotatable bonds is 10. The van der Waals surface area contributed by atoms with Gasteiger partial charge in [-0.25, -0.2) is 4.79 Å². The van der Waals surface area contributed by atoms with Crippen LogP contribution in [0.5, 0.6) is 11.5 Å². The number of hydrogen-bond acceptors (Lipinski definition) is 7. The summed E-state index contributed by atoms with van der Waals surface area (Å²) in [5.74, 6) is 0.261. The van der Waals surface area contributed by atoms with Crippen molar-refractivity contribution in [1.82, 2.24) is 10.2 Å². The summed E-state index contributed by atoms with van der Waals surface area (Å²) in [6, 6.07) is 16.5. The van der Waals surface area contributed by atoms with E-state index in [2.05, 4.69) is 43.1 Å². The lowest BCUT2D eigenvalue weighted by atomic mass is 10.0. The molecule has 4 rings (SSSR count). The van der Waals surface area contributed by atoms with Crippen molar-refractivity contribution in [2.75, 3.05) is 6.61 Å². The average Bonchev–Trinajstić information content (AvgIpc) is 3.33. The Labute approximate surface area is 230 Å². The molecule has 0 fully saturated rings. The number of nitrogens with zero attached hydrogens (tertiary/aromatic N) is 2. The molecular formula is C29H27ClN2O5S. The lowest BCUT2D eigenvalue weighted by Gasteiger charge is -2.16. The zero-order valence-corrected chi connectivity index (χ0v) is 23.0. The van der Waals surface area contributed by atoms with Crippen molar-refractivity contribution >= 4 is 35.4 Å². The first kappa shape index (κ1) is 27.3. The molecule has 0 amide bonds. The zero-order chi connectivity index (χ0) is 27.2. The van der Waals surface area contributed by atoms with E-state index in [1.807, 2.05) is 6.92 Å². The van der Waals surface area contributed by atoms with Gasteiger partial charge in [-0.2, -0.15) is 0 Å². The molecule has 0 saturated heterocycles. The second kappa shape index (κ2) is 12.2. The van der Waals surface area contributed by atoms with Gasteiger partial charge >= 0.3 is 5.97 Å². The highest BCUT2D eigenvalue weighted by atomic mass is 35.5. The molecular weight excluding hydrogens is 524 g/mol. The molecule has 196 valence electrons. The largest absolute Gasteiger partial charge is 0.490 e. The minimum Gasteiger partial charge on any atom is -0.490 e. The van der Waals surface area contributed by atoms with Gasteiger partial charge in [-0.1, -0.05) is 35.4 Å². The van der Waals surface area contributed by atoms with E-state index in [1.165, 1.54) is 22.8 Å². The molecule has 0 radical (unpaired) electrons. The summed E-state index contributed by atoms with van der Waals surface area (Å²) in [6.45, 7) is 8.93. The summed E-state index contributed by atoms with van der Waals surface area (Å²) in [5.41, 5.74) is 5.99. The monoisotopic (exact) mass is 550 g/mol. The van der Waals surface area contributed by atoms with E-state index >= 15 is 0 Å². The van der Waals surface area contributed by atoms with Crippen LogP contribution in [-0.4, -0.2) is 27.9 Å². The molecule has 4 aromatic rings. The molecule has 0 aliphatic heterocycles. The molecule has 1 heterocycles. The van der Waals surface area contributed by atoms with Crippen LogP contribution >= 0.6 is 23.4 Å². The maximum atomic E-state index is 12.0. The van der Waals surface area contributed by atoms with E-state index in [-0.39, 0.29) is 16.0 Å². The third kappa shape index (κ3) is 6.76. The summed E-state index contributed by atoms with van der Waals surface area (Å²) in [7, 11) is 0. The van der Waals surface area contributed by atoms with Crippen molar-refractivity contribution in [2.24, 2.45) is 0 Å². The van der Waals surface area contributed by atoms with Crippen LogP contribution in [0.25, 0.3) is 17.5 Å². The molecule has 3 aromatic carbocycles. The van der Waals surface area contributed by atoms with Crippen LogP contribution < -0.4 is 9.47 Å². The fourth-order valence-corrected chi connectivity index (χ4v) is 4.73. The summed E-state index contributed by atoms with van der Waals surface area (Å²) in [5, 5.41) is 18.5. The number of hydrogen-bond donors (Lipinski definition) is 1. The van der Waals surface area contributed by atoms with Gasteiger partial charge in [-0.3, -0.25) is 0 Å². The first-order valence-corrected chi connectivity index (χ1v) is 13.1. The van der Waals surface area contributed by atoms with Gasteiger partial charge in [0.05, 0.1) is 6.61 Å². The minimum absolute atomic E-state index is 0.0123. The Morgan fingerprint density at radius 2 is 1.71 bits per heavy atom. The second-order valence-electron chi connectivity index (χ2n) is 8.60. The maximum absolute atomic E-state index is 12.0. The van der Waals surface area contributed by atoms with E-state index in [4.69, 9.17) is 25.5 Å². The number of aliphatic carboxylic acids is 1. The number of benzene rings is 3. The number of halogens is 1. The van der Waals surface area contributed by atoms with E-state index < -0.39 is 5.97 Å². The fraction of sp³-hybridized carbons (Fsp3) is 0.207. The van der Waals surface area contributed by atoms with Gasteiger partial charge in [-0.05, 0) is 104 Å². The molecule has 1 aromatic heterocycles. The van der Waals surface area contributed by atoms with Crippen molar-refractivity contribution in [3.05, 3.63) is 92.3 Å². The van der Waals surface area contributed by atoms with Crippen molar-refractivity contribution < 1.29 is 23.8 Å². The first-order valence-electron chi connectivity index (χ1n) is 11.9. The van der Waals surface area contributed by atoms with E-state index in [1.54, 1.807) is 42.5 Å². The third-order valence-corrected chi connectivity index (χ3v) is 6.79. The van der Waals surface area contributed by atoms with Gasteiger partial charge in [-0.15, -0.1) is 10.2 Å². The Bertz CT molecular complexity index is 1460. The molecule has 0 aliphatic carbocycles. The zero-order valence-electron chi connectivity index (χ0n) is 21.4. The molecule has 0 unspecified atom stereocenters. The number of carboxylic acid groups (broad SMARTS) is 1. The Morgan fingerprint density at radius 3 is 2.37 bits per heavy atom. The third-order valence-electron chi connectivity index (χ3n) is 5.68. The van der Waals surface area contributed by atoms with E-state index in [0.717, 1.165) is 17.3 Å². The van der Waals surface area contributed by atoms with Crippen LogP contribution in [0.2, 0.25) is 5.02 Å². The number of aryl methyl sites for hydroxylation is 3. The molecule has 0 aliphatic rings. The van der Waals surface area contributed by atoms with Crippen molar-refractivity contribution in [1.29, 1.82) is 0 Å². The summed E-state index contributed by atoms with van der Waals surface area (Å²) in [4.78, 5) is 12.0. The molecule has 1 N–H and O–H groups in total. The van der Waals surface area contributed by atoms with Crippen molar-refractivity contribution in [3.8, 4) is 23.0 Å². The van der Waals surface area contributed by atoms with Crippen molar-refractivity contribution in [2.45, 2.75) is 39.5 Å².